The number of carbonyl (C=O) groups excluding carboxylic acids is 2. The highest BCUT2D eigenvalue weighted by molar-refractivity contribution is 7.47. The minimum atomic E-state index is -4.36. The fourth-order valence-corrected chi connectivity index (χ4v) is 6.16. The first-order chi connectivity index (χ1) is 22.3. The van der Waals surface area contributed by atoms with Gasteiger partial charge in [0.25, 0.3) is 0 Å². The molecule has 0 spiro atoms. The molecule has 0 aliphatic carbocycles. The van der Waals surface area contributed by atoms with Crippen molar-refractivity contribution in [3.05, 3.63) is 0 Å². The number of hydrogen-bond donors (Lipinski definition) is 2. The summed E-state index contributed by atoms with van der Waals surface area (Å²) in [4.78, 5) is 34.6. The van der Waals surface area contributed by atoms with Crippen molar-refractivity contribution < 1.29 is 37.6 Å². The van der Waals surface area contributed by atoms with Gasteiger partial charge in [0.2, 0.25) is 0 Å². The number of phosphoric ester groups is 1. The third kappa shape index (κ3) is 32.9. The van der Waals surface area contributed by atoms with E-state index in [0.29, 0.717) is 6.42 Å². The predicted molar refractivity (Wildman–Crippen MR) is 188 cm³/mol. The first kappa shape index (κ1) is 45.0. The summed E-state index contributed by atoms with van der Waals surface area (Å²) in [7, 11) is -4.36. The molecule has 0 aliphatic heterocycles. The zero-order valence-corrected chi connectivity index (χ0v) is 30.7. The van der Waals surface area contributed by atoms with Gasteiger partial charge in [0.1, 0.15) is 6.61 Å². The van der Waals surface area contributed by atoms with Gasteiger partial charge in [0, 0.05) is 19.4 Å². The molecule has 2 atom stereocenters. The van der Waals surface area contributed by atoms with Crippen LogP contribution >= 0.6 is 7.82 Å². The molecule has 0 bridgehead atoms. The normalized spacial score (nSPS) is 13.4. The third-order valence-electron chi connectivity index (χ3n) is 8.24. The average Bonchev–Trinajstić information content (AvgIpc) is 3.04. The molecule has 0 fully saturated rings. The van der Waals surface area contributed by atoms with E-state index in [2.05, 4.69) is 13.8 Å². The summed E-state index contributed by atoms with van der Waals surface area (Å²) < 4.78 is 32.6. The van der Waals surface area contributed by atoms with Gasteiger partial charge in [-0.3, -0.25) is 18.6 Å². The second kappa shape index (κ2) is 33.9. The Balaban J connectivity index is 4.18. The largest absolute Gasteiger partial charge is 0.472 e. The number of phosphoric acid groups is 1. The molecule has 0 aromatic carbocycles. The number of unbranched alkanes of at least 4 members (excludes halogenated alkanes) is 23. The Morgan fingerprint density at radius 3 is 1.33 bits per heavy atom. The molecule has 46 heavy (non-hydrogen) atoms. The standard InChI is InChI=1S/C36H72NO8P/c1-3-5-7-9-11-13-15-16-17-19-20-22-24-26-28-35(38)42-32-34(33-44-46(40,41)43-31-30-37)45-36(39)29-27-25-23-21-18-14-12-10-8-6-4-2/h34H,3-33,37H2,1-2H3,(H,40,41). The Morgan fingerprint density at radius 2 is 0.935 bits per heavy atom. The monoisotopic (exact) mass is 677 g/mol. The smallest absolute Gasteiger partial charge is 0.462 e. The molecule has 0 aliphatic rings. The molecule has 0 saturated heterocycles. The maximum Gasteiger partial charge on any atom is 0.472 e. The molecule has 0 aromatic rings. The number of nitrogens with two attached hydrogens (primary N) is 1. The molecule has 9 nitrogen and oxygen atoms in total. The first-order valence-corrected chi connectivity index (χ1v) is 20.5. The Kier molecular flexibility index (Phi) is 33.2. The summed E-state index contributed by atoms with van der Waals surface area (Å²) in [5.41, 5.74) is 5.32. The molecule has 0 rings (SSSR count). The highest BCUT2D eigenvalue weighted by Crippen LogP contribution is 2.43. The van der Waals surface area contributed by atoms with Crippen LogP contribution in [0.4, 0.5) is 0 Å². The maximum atomic E-state index is 12.5. The molecule has 0 aromatic heterocycles. The summed E-state index contributed by atoms with van der Waals surface area (Å²) >= 11 is 0. The fourth-order valence-electron chi connectivity index (χ4n) is 5.40. The van der Waals surface area contributed by atoms with Gasteiger partial charge < -0.3 is 20.1 Å². The van der Waals surface area contributed by atoms with Gasteiger partial charge in [0.05, 0.1) is 13.2 Å². The lowest BCUT2D eigenvalue weighted by atomic mass is 10.0. The predicted octanol–water partition coefficient (Wildman–Crippen LogP) is 10.1. The van der Waals surface area contributed by atoms with Crippen LogP contribution in [0.25, 0.3) is 0 Å². The van der Waals surface area contributed by atoms with Gasteiger partial charge in [-0.1, -0.05) is 162 Å². The van der Waals surface area contributed by atoms with Crippen molar-refractivity contribution >= 4 is 19.8 Å². The minimum absolute atomic E-state index is 0.0577. The summed E-state index contributed by atoms with van der Waals surface area (Å²) in [5.74, 6) is -0.819. The zero-order chi connectivity index (χ0) is 34.0. The van der Waals surface area contributed by atoms with Gasteiger partial charge in [-0.15, -0.1) is 0 Å². The van der Waals surface area contributed by atoms with E-state index in [-0.39, 0.29) is 38.6 Å². The summed E-state index contributed by atoms with van der Waals surface area (Å²) in [6, 6.07) is 0. The van der Waals surface area contributed by atoms with Crippen LogP contribution in [0.3, 0.4) is 0 Å². The van der Waals surface area contributed by atoms with Gasteiger partial charge in [0.15, 0.2) is 6.10 Å². The number of esters is 2. The van der Waals surface area contributed by atoms with Gasteiger partial charge in [-0.2, -0.15) is 0 Å². The lowest BCUT2D eigenvalue weighted by Crippen LogP contribution is -2.29. The second-order valence-electron chi connectivity index (χ2n) is 12.8. The molecule has 0 saturated carbocycles. The molecular weight excluding hydrogens is 605 g/mol. The molecule has 0 radical (unpaired) electrons. The Hall–Kier alpha value is -0.990. The molecule has 0 amide bonds. The molecule has 10 heteroatoms. The second-order valence-corrected chi connectivity index (χ2v) is 14.3. The van der Waals surface area contributed by atoms with Crippen LogP contribution in [0.5, 0.6) is 0 Å². The maximum absolute atomic E-state index is 12.5. The van der Waals surface area contributed by atoms with E-state index in [0.717, 1.165) is 32.1 Å². The highest BCUT2D eigenvalue weighted by atomic mass is 31.2. The number of carbonyl (C=O) groups is 2. The number of rotatable bonds is 36. The van der Waals surface area contributed by atoms with Gasteiger partial charge in [-0.05, 0) is 12.8 Å². The molecular formula is C36H72NO8P. The topological polar surface area (TPSA) is 134 Å². The van der Waals surface area contributed by atoms with Crippen LogP contribution in [0.15, 0.2) is 0 Å². The van der Waals surface area contributed by atoms with Crippen molar-refractivity contribution in [2.24, 2.45) is 5.73 Å². The molecule has 3 N–H and O–H groups in total. The zero-order valence-electron chi connectivity index (χ0n) is 29.8. The number of hydrogen-bond acceptors (Lipinski definition) is 8. The van der Waals surface area contributed by atoms with E-state index in [1.807, 2.05) is 0 Å². The van der Waals surface area contributed by atoms with Crippen molar-refractivity contribution in [2.45, 2.75) is 193 Å². The Bertz CT molecular complexity index is 739. The summed E-state index contributed by atoms with van der Waals surface area (Å²) in [6.45, 7) is 3.73. The van der Waals surface area contributed by atoms with Crippen molar-refractivity contribution in [1.29, 1.82) is 0 Å². The lowest BCUT2D eigenvalue weighted by molar-refractivity contribution is -0.161. The van der Waals surface area contributed by atoms with Crippen LogP contribution in [0.1, 0.15) is 187 Å². The van der Waals surface area contributed by atoms with E-state index in [1.165, 1.54) is 122 Å². The van der Waals surface area contributed by atoms with Crippen LogP contribution in [-0.4, -0.2) is 49.3 Å². The average molecular weight is 678 g/mol. The van der Waals surface area contributed by atoms with E-state index in [1.54, 1.807) is 0 Å². The molecule has 0 heterocycles. The van der Waals surface area contributed by atoms with Crippen LogP contribution in [0.2, 0.25) is 0 Å². The molecule has 2 unspecified atom stereocenters. The minimum Gasteiger partial charge on any atom is -0.462 e. The van der Waals surface area contributed by atoms with E-state index in [9.17, 15) is 19.0 Å². The van der Waals surface area contributed by atoms with Gasteiger partial charge >= 0.3 is 19.8 Å². The van der Waals surface area contributed by atoms with Crippen molar-refractivity contribution in [3.8, 4) is 0 Å². The van der Waals surface area contributed by atoms with E-state index < -0.39 is 26.5 Å². The van der Waals surface area contributed by atoms with Crippen molar-refractivity contribution in [3.63, 3.8) is 0 Å². The number of ether oxygens (including phenoxy) is 2. The fraction of sp³-hybridized carbons (Fsp3) is 0.944. The third-order valence-corrected chi connectivity index (χ3v) is 9.23. The molecule has 274 valence electrons. The quantitative estimate of drug-likeness (QED) is 0.0377. The summed E-state index contributed by atoms with van der Waals surface area (Å²) in [5, 5.41) is 0. The summed E-state index contributed by atoms with van der Waals surface area (Å²) in [6.07, 6.45) is 29.9. The van der Waals surface area contributed by atoms with Crippen LogP contribution in [-0.2, 0) is 32.7 Å². The lowest BCUT2D eigenvalue weighted by Gasteiger charge is -2.19. The SMILES string of the molecule is CCCCCCCCCCCCCCCCC(=O)OCC(COP(=O)(O)OCCN)OC(=O)CCCCCCCCCCCCC. The van der Waals surface area contributed by atoms with Crippen LogP contribution < -0.4 is 5.73 Å². The Labute approximate surface area is 282 Å². The van der Waals surface area contributed by atoms with E-state index >= 15 is 0 Å². The highest BCUT2D eigenvalue weighted by Gasteiger charge is 2.25. The van der Waals surface area contributed by atoms with Crippen molar-refractivity contribution in [2.75, 3.05) is 26.4 Å². The Morgan fingerprint density at radius 1 is 0.565 bits per heavy atom. The van der Waals surface area contributed by atoms with Crippen molar-refractivity contribution in [1.82, 2.24) is 0 Å². The van der Waals surface area contributed by atoms with Gasteiger partial charge in [-0.25, -0.2) is 4.57 Å². The van der Waals surface area contributed by atoms with Crippen LogP contribution in [0, 0.1) is 0 Å². The van der Waals surface area contributed by atoms with E-state index in [4.69, 9.17) is 24.3 Å². The first-order valence-electron chi connectivity index (χ1n) is 19.0.